The SMILES string of the molecule is O=C(/C=C/c1cccc2c1OCCO2)c1ccc(N2CCOCC2)cc1. The maximum atomic E-state index is 12.5. The Balaban J connectivity index is 1.47. The zero-order chi connectivity index (χ0) is 17.8. The number of anilines is 1. The van der Waals surface area contributed by atoms with Gasteiger partial charge in [-0.3, -0.25) is 4.79 Å². The topological polar surface area (TPSA) is 48.0 Å². The molecule has 2 aliphatic rings. The lowest BCUT2D eigenvalue weighted by molar-refractivity contribution is 0.104. The summed E-state index contributed by atoms with van der Waals surface area (Å²) >= 11 is 0. The van der Waals surface area contributed by atoms with Gasteiger partial charge in [0.15, 0.2) is 17.3 Å². The lowest BCUT2D eigenvalue weighted by Crippen LogP contribution is -2.36. The molecule has 0 atom stereocenters. The van der Waals surface area contributed by atoms with Gasteiger partial charge in [0.05, 0.1) is 13.2 Å². The van der Waals surface area contributed by atoms with Crippen LogP contribution in [0.25, 0.3) is 6.08 Å². The second-order valence-corrected chi connectivity index (χ2v) is 6.22. The Kier molecular flexibility index (Phi) is 4.88. The molecule has 0 saturated carbocycles. The molecule has 0 unspecified atom stereocenters. The highest BCUT2D eigenvalue weighted by Gasteiger charge is 2.14. The first-order valence-electron chi connectivity index (χ1n) is 8.85. The predicted molar refractivity (Wildman–Crippen MR) is 100 cm³/mol. The Morgan fingerprint density at radius 1 is 0.923 bits per heavy atom. The van der Waals surface area contributed by atoms with E-state index in [2.05, 4.69) is 4.90 Å². The first-order valence-corrected chi connectivity index (χ1v) is 8.85. The normalized spacial score (nSPS) is 16.7. The summed E-state index contributed by atoms with van der Waals surface area (Å²) in [5.41, 5.74) is 2.64. The number of allylic oxidation sites excluding steroid dienone is 1. The van der Waals surface area contributed by atoms with Gasteiger partial charge in [0, 0.05) is 29.9 Å². The number of ketones is 1. The van der Waals surface area contributed by atoms with Crippen LogP contribution in [0.15, 0.2) is 48.5 Å². The van der Waals surface area contributed by atoms with Crippen LogP contribution in [0.2, 0.25) is 0 Å². The summed E-state index contributed by atoms with van der Waals surface area (Å²) in [5.74, 6) is 1.39. The number of rotatable bonds is 4. The largest absolute Gasteiger partial charge is 0.486 e. The van der Waals surface area contributed by atoms with Crippen molar-refractivity contribution in [2.24, 2.45) is 0 Å². The molecular formula is C21H21NO4. The maximum Gasteiger partial charge on any atom is 0.185 e. The fourth-order valence-corrected chi connectivity index (χ4v) is 3.15. The van der Waals surface area contributed by atoms with Gasteiger partial charge in [-0.25, -0.2) is 0 Å². The Bertz CT molecular complexity index is 807. The fraction of sp³-hybridized carbons (Fsp3) is 0.286. The molecule has 5 nitrogen and oxygen atoms in total. The van der Waals surface area contributed by atoms with Crippen LogP contribution in [0.3, 0.4) is 0 Å². The zero-order valence-electron chi connectivity index (χ0n) is 14.5. The van der Waals surface area contributed by atoms with Crippen LogP contribution in [-0.4, -0.2) is 45.3 Å². The van der Waals surface area contributed by atoms with E-state index in [1.807, 2.05) is 42.5 Å². The Morgan fingerprint density at radius 3 is 2.50 bits per heavy atom. The van der Waals surface area contributed by atoms with E-state index in [0.717, 1.165) is 43.3 Å². The minimum atomic E-state index is -0.0344. The van der Waals surface area contributed by atoms with Gasteiger partial charge in [-0.2, -0.15) is 0 Å². The van der Waals surface area contributed by atoms with Gasteiger partial charge in [-0.05, 0) is 42.5 Å². The summed E-state index contributed by atoms with van der Waals surface area (Å²) in [7, 11) is 0. The predicted octanol–water partition coefficient (Wildman–Crippen LogP) is 3.19. The first-order chi connectivity index (χ1) is 12.8. The van der Waals surface area contributed by atoms with Crippen LogP contribution in [-0.2, 0) is 4.74 Å². The van der Waals surface area contributed by atoms with E-state index in [1.165, 1.54) is 0 Å². The molecule has 26 heavy (non-hydrogen) atoms. The van der Waals surface area contributed by atoms with Crippen molar-refractivity contribution in [2.45, 2.75) is 0 Å². The lowest BCUT2D eigenvalue weighted by Gasteiger charge is -2.28. The third kappa shape index (κ3) is 3.58. The molecule has 0 aliphatic carbocycles. The van der Waals surface area contributed by atoms with Gasteiger partial charge in [-0.15, -0.1) is 0 Å². The van der Waals surface area contributed by atoms with Crippen molar-refractivity contribution in [2.75, 3.05) is 44.4 Å². The number of fused-ring (bicyclic) bond motifs is 1. The molecule has 0 bridgehead atoms. The molecule has 134 valence electrons. The van der Waals surface area contributed by atoms with Gasteiger partial charge in [0.2, 0.25) is 0 Å². The number of morpholine rings is 1. The number of para-hydroxylation sites is 1. The molecule has 2 aromatic carbocycles. The third-order valence-electron chi connectivity index (χ3n) is 4.54. The van der Waals surface area contributed by atoms with Crippen LogP contribution in [0.4, 0.5) is 5.69 Å². The van der Waals surface area contributed by atoms with Crippen molar-refractivity contribution in [1.29, 1.82) is 0 Å². The van der Waals surface area contributed by atoms with Crippen LogP contribution < -0.4 is 14.4 Å². The summed E-state index contributed by atoms with van der Waals surface area (Å²) in [6.07, 6.45) is 3.36. The average molecular weight is 351 g/mol. The molecule has 5 heteroatoms. The molecule has 1 fully saturated rings. The molecule has 0 amide bonds. The van der Waals surface area contributed by atoms with E-state index >= 15 is 0 Å². The molecule has 0 radical (unpaired) electrons. The smallest absolute Gasteiger partial charge is 0.185 e. The number of ether oxygens (including phenoxy) is 3. The monoisotopic (exact) mass is 351 g/mol. The summed E-state index contributed by atoms with van der Waals surface area (Å²) in [4.78, 5) is 14.7. The van der Waals surface area contributed by atoms with E-state index in [1.54, 1.807) is 12.2 Å². The Hall–Kier alpha value is -2.79. The molecule has 2 aliphatic heterocycles. The van der Waals surface area contributed by atoms with E-state index in [0.29, 0.717) is 24.5 Å². The number of nitrogens with zero attached hydrogens (tertiary/aromatic N) is 1. The van der Waals surface area contributed by atoms with Crippen molar-refractivity contribution >= 4 is 17.5 Å². The molecular weight excluding hydrogens is 330 g/mol. The second kappa shape index (κ2) is 7.62. The van der Waals surface area contributed by atoms with Crippen LogP contribution in [0.5, 0.6) is 11.5 Å². The van der Waals surface area contributed by atoms with Crippen LogP contribution in [0, 0.1) is 0 Å². The molecule has 0 spiro atoms. The highest BCUT2D eigenvalue weighted by molar-refractivity contribution is 6.07. The third-order valence-corrected chi connectivity index (χ3v) is 4.54. The lowest BCUT2D eigenvalue weighted by atomic mass is 10.1. The van der Waals surface area contributed by atoms with Crippen molar-refractivity contribution in [1.82, 2.24) is 0 Å². The quantitative estimate of drug-likeness (QED) is 0.625. The van der Waals surface area contributed by atoms with Crippen LogP contribution >= 0.6 is 0 Å². The number of carbonyl (C=O) groups excluding carboxylic acids is 1. The molecule has 2 aromatic rings. The molecule has 0 aromatic heterocycles. The van der Waals surface area contributed by atoms with Crippen molar-refractivity contribution in [3.63, 3.8) is 0 Å². The van der Waals surface area contributed by atoms with E-state index in [4.69, 9.17) is 14.2 Å². The van der Waals surface area contributed by atoms with Gasteiger partial charge < -0.3 is 19.1 Å². The zero-order valence-corrected chi connectivity index (χ0v) is 14.5. The molecule has 4 rings (SSSR count). The molecule has 0 N–H and O–H groups in total. The Morgan fingerprint density at radius 2 is 1.69 bits per heavy atom. The highest BCUT2D eigenvalue weighted by atomic mass is 16.6. The molecule has 1 saturated heterocycles. The van der Waals surface area contributed by atoms with Crippen molar-refractivity contribution in [3.8, 4) is 11.5 Å². The standard InChI is InChI=1S/C21H21NO4/c23-19(9-6-17-2-1-3-20-21(17)26-15-14-25-20)16-4-7-18(8-5-16)22-10-12-24-13-11-22/h1-9H,10-15H2/b9-6+. The highest BCUT2D eigenvalue weighted by Crippen LogP contribution is 2.34. The van der Waals surface area contributed by atoms with Crippen molar-refractivity contribution < 1.29 is 19.0 Å². The van der Waals surface area contributed by atoms with Crippen LogP contribution in [0.1, 0.15) is 15.9 Å². The molecule has 2 heterocycles. The number of carbonyl (C=O) groups is 1. The van der Waals surface area contributed by atoms with E-state index in [9.17, 15) is 4.79 Å². The first kappa shape index (κ1) is 16.7. The van der Waals surface area contributed by atoms with E-state index < -0.39 is 0 Å². The average Bonchev–Trinajstić information content (AvgIpc) is 2.73. The van der Waals surface area contributed by atoms with Gasteiger partial charge in [0.25, 0.3) is 0 Å². The fourth-order valence-electron chi connectivity index (χ4n) is 3.15. The minimum Gasteiger partial charge on any atom is -0.486 e. The summed E-state index contributed by atoms with van der Waals surface area (Å²) in [6, 6.07) is 13.4. The summed E-state index contributed by atoms with van der Waals surface area (Å²) in [6.45, 7) is 4.33. The van der Waals surface area contributed by atoms with E-state index in [-0.39, 0.29) is 5.78 Å². The van der Waals surface area contributed by atoms with Gasteiger partial charge >= 0.3 is 0 Å². The Labute approximate surface area is 152 Å². The van der Waals surface area contributed by atoms with Crippen molar-refractivity contribution in [3.05, 3.63) is 59.7 Å². The number of benzene rings is 2. The summed E-state index contributed by atoms with van der Waals surface area (Å²) in [5, 5.41) is 0. The minimum absolute atomic E-state index is 0.0344. The van der Waals surface area contributed by atoms with Gasteiger partial charge in [0.1, 0.15) is 13.2 Å². The number of hydrogen-bond acceptors (Lipinski definition) is 5. The second-order valence-electron chi connectivity index (χ2n) is 6.22. The van der Waals surface area contributed by atoms with Gasteiger partial charge in [-0.1, -0.05) is 12.1 Å². The maximum absolute atomic E-state index is 12.5. The summed E-state index contributed by atoms with van der Waals surface area (Å²) < 4.78 is 16.6. The number of hydrogen-bond donors (Lipinski definition) is 0.